The minimum Gasteiger partial charge on any atom is -0.508 e. The van der Waals surface area contributed by atoms with E-state index in [1.54, 1.807) is 26.0 Å². The summed E-state index contributed by atoms with van der Waals surface area (Å²) in [5.41, 5.74) is 0.696. The molecule has 0 radical (unpaired) electrons. The summed E-state index contributed by atoms with van der Waals surface area (Å²) in [6.07, 6.45) is 25.6. The Kier molecular flexibility index (Phi) is 24.5. The van der Waals surface area contributed by atoms with Gasteiger partial charge in [-0.05, 0) is 131 Å². The van der Waals surface area contributed by atoms with Gasteiger partial charge in [0.2, 0.25) is 0 Å². The number of aromatic hydroxyl groups is 2. The zero-order chi connectivity index (χ0) is 45.7. The number of aryl methyl sites for hydroxylation is 2. The van der Waals surface area contributed by atoms with Crippen molar-refractivity contribution in [3.63, 3.8) is 0 Å². The Bertz CT molecular complexity index is 1320. The number of unbranched alkanes of at least 4 members (excludes halogenated alkanes) is 15. The Hall–Kier alpha value is -2.20. The number of hydrogen-bond donors (Lipinski definition) is 2. The molecular weight excluding hydrogens is 765 g/mol. The van der Waals surface area contributed by atoms with E-state index in [4.69, 9.17) is 24.6 Å². The molecule has 0 atom stereocenters. The van der Waals surface area contributed by atoms with Crippen LogP contribution in [0, 0.1) is 19.8 Å². The molecule has 0 aromatic heterocycles. The van der Waals surface area contributed by atoms with Gasteiger partial charge in [0.25, 0.3) is 0 Å². The van der Waals surface area contributed by atoms with Crippen molar-refractivity contribution < 1.29 is 34.2 Å². The number of nitrogens with zero attached hydrogens (tertiary/aromatic N) is 2. The highest BCUT2D eigenvalue weighted by Gasteiger charge is 2.49. The number of ketones is 1. The predicted molar refractivity (Wildman–Crippen MR) is 252 cm³/mol. The fraction of sp³-hybridized carbons (Fsp3) is 0.846. The number of phenolic OH excluding ortho intramolecular Hbond substituents is 2. The van der Waals surface area contributed by atoms with Crippen LogP contribution in [0.4, 0.5) is 0 Å². The maximum atomic E-state index is 13.3. The van der Waals surface area contributed by atoms with E-state index >= 15 is 0 Å². The van der Waals surface area contributed by atoms with Crippen molar-refractivity contribution in [3.8, 4) is 11.5 Å². The van der Waals surface area contributed by atoms with Crippen LogP contribution in [0.3, 0.4) is 0 Å². The van der Waals surface area contributed by atoms with E-state index in [2.05, 4.69) is 79.4 Å². The number of carbonyl (C=O) groups is 2. The van der Waals surface area contributed by atoms with Crippen LogP contribution in [0.5, 0.6) is 11.5 Å². The van der Waals surface area contributed by atoms with Gasteiger partial charge in [0.05, 0.1) is 13.2 Å². The highest BCUT2D eigenvalue weighted by Crippen LogP contribution is 2.43. The normalized spacial score (nSPS) is 19.0. The molecule has 2 heterocycles. The van der Waals surface area contributed by atoms with Gasteiger partial charge in [-0.1, -0.05) is 104 Å². The smallest absolute Gasteiger partial charge is 0.306 e. The molecule has 2 saturated heterocycles. The molecule has 0 aliphatic carbocycles. The molecule has 0 bridgehead atoms. The largest absolute Gasteiger partial charge is 0.508 e. The third kappa shape index (κ3) is 20.0. The number of ether oxygens (including phenoxy) is 1. The molecule has 354 valence electrons. The minimum absolute atomic E-state index is 0.0663. The Morgan fingerprint density at radius 2 is 0.885 bits per heavy atom. The lowest BCUT2D eigenvalue weighted by atomic mass is 9.73. The SMILES string of the molecule is CCCCCCCCON1C(C)(C)CC(OC(=O)CCCCCCCCC(=O)C2CC(C)(C)N(OCCCCCCCC)C(C)(C)C2)CC1(C)C.Cc1cc(O)c(C)cc1O. The zero-order valence-electron chi connectivity index (χ0n) is 41.5. The number of carbonyl (C=O) groups excluding carboxylic acids is 2. The molecule has 1 aromatic carbocycles. The van der Waals surface area contributed by atoms with Crippen molar-refractivity contribution in [3.05, 3.63) is 23.3 Å². The number of hydrogen-bond acceptors (Lipinski definition) is 9. The second kappa shape index (κ2) is 27.2. The summed E-state index contributed by atoms with van der Waals surface area (Å²) < 4.78 is 6.03. The molecular formula is C52H94N2O7. The molecule has 2 N–H and O–H groups in total. The molecule has 61 heavy (non-hydrogen) atoms. The van der Waals surface area contributed by atoms with Gasteiger partial charge in [0, 0.05) is 53.8 Å². The van der Waals surface area contributed by atoms with Gasteiger partial charge in [-0.25, -0.2) is 0 Å². The maximum Gasteiger partial charge on any atom is 0.306 e. The van der Waals surface area contributed by atoms with E-state index < -0.39 is 0 Å². The van der Waals surface area contributed by atoms with E-state index in [0.717, 1.165) is 90.3 Å². The van der Waals surface area contributed by atoms with Crippen molar-refractivity contribution in [1.29, 1.82) is 0 Å². The Balaban J connectivity index is 0.00000112. The molecule has 1 aromatic rings. The molecule has 0 spiro atoms. The molecule has 0 saturated carbocycles. The standard InChI is InChI=1S/C44H84N2O5.C8H10O2/c1-11-13-15-17-23-27-31-49-45-41(3,4)33-37(34-42(45,5)6)39(47)29-25-21-19-20-22-26-30-40(48)51-38-35-43(7,8)46(44(9,10)36-38)50-32-28-24-18-16-14-12-2;1-5-3-8(10)6(2)4-7(5)9/h37-38H,11-36H2,1-10H3;3-4,9-10H,1-2H3. The molecule has 9 heteroatoms. The summed E-state index contributed by atoms with van der Waals surface area (Å²) in [7, 11) is 0. The van der Waals surface area contributed by atoms with E-state index in [0.29, 0.717) is 29.8 Å². The lowest BCUT2D eigenvalue weighted by molar-refractivity contribution is -0.293. The van der Waals surface area contributed by atoms with E-state index in [1.165, 1.54) is 64.2 Å². The number of piperidine rings is 2. The minimum atomic E-state index is -0.193. The van der Waals surface area contributed by atoms with Crippen LogP contribution in [0.1, 0.15) is 234 Å². The quantitative estimate of drug-likeness (QED) is 0.0508. The molecule has 0 unspecified atom stereocenters. The number of benzene rings is 1. The number of rotatable bonds is 27. The van der Waals surface area contributed by atoms with Gasteiger partial charge in [0.15, 0.2) is 0 Å². The number of phenols is 2. The summed E-state index contributed by atoms with van der Waals surface area (Å²) in [4.78, 5) is 38.8. The summed E-state index contributed by atoms with van der Waals surface area (Å²) in [5, 5.41) is 22.6. The molecule has 2 fully saturated rings. The Morgan fingerprint density at radius 1 is 0.541 bits per heavy atom. The molecule has 2 aliphatic rings. The molecule has 3 rings (SSSR count). The lowest BCUT2D eigenvalue weighted by Gasteiger charge is -2.53. The topological polar surface area (TPSA) is 109 Å². The van der Waals surface area contributed by atoms with Crippen molar-refractivity contribution in [1.82, 2.24) is 10.1 Å². The van der Waals surface area contributed by atoms with Crippen LogP contribution in [0.2, 0.25) is 0 Å². The average molecular weight is 859 g/mol. The zero-order valence-corrected chi connectivity index (χ0v) is 41.5. The fourth-order valence-corrected chi connectivity index (χ4v) is 10.0. The van der Waals surface area contributed by atoms with Crippen LogP contribution in [0.15, 0.2) is 12.1 Å². The summed E-state index contributed by atoms with van der Waals surface area (Å²) in [6, 6.07) is 3.09. The first kappa shape index (κ1) is 54.9. The van der Waals surface area contributed by atoms with Crippen LogP contribution < -0.4 is 0 Å². The molecule has 2 aliphatic heterocycles. The van der Waals surface area contributed by atoms with E-state index in [-0.39, 0.29) is 51.6 Å². The van der Waals surface area contributed by atoms with Crippen molar-refractivity contribution in [2.24, 2.45) is 5.92 Å². The van der Waals surface area contributed by atoms with Gasteiger partial charge >= 0.3 is 5.97 Å². The highest BCUT2D eigenvalue weighted by atomic mass is 16.7. The van der Waals surface area contributed by atoms with Gasteiger partial charge in [-0.15, -0.1) is 0 Å². The van der Waals surface area contributed by atoms with E-state index in [1.807, 2.05) is 0 Å². The summed E-state index contributed by atoms with van der Waals surface area (Å²) >= 11 is 0. The first-order chi connectivity index (χ1) is 28.7. The average Bonchev–Trinajstić information content (AvgIpc) is 3.15. The second-order valence-electron chi connectivity index (χ2n) is 21.2. The van der Waals surface area contributed by atoms with Crippen LogP contribution in [0.25, 0.3) is 0 Å². The van der Waals surface area contributed by atoms with Crippen LogP contribution in [-0.4, -0.2) is 73.6 Å². The summed E-state index contributed by atoms with van der Waals surface area (Å²) in [5.74, 6) is 0.931. The first-order valence-corrected chi connectivity index (χ1v) is 24.7. The number of hydroxylamine groups is 4. The Labute approximate surface area is 374 Å². The lowest BCUT2D eigenvalue weighted by Crippen LogP contribution is -2.62. The van der Waals surface area contributed by atoms with Crippen molar-refractivity contribution in [2.75, 3.05) is 13.2 Å². The maximum absolute atomic E-state index is 13.3. The molecule has 0 amide bonds. The third-order valence-corrected chi connectivity index (χ3v) is 12.9. The van der Waals surface area contributed by atoms with Crippen LogP contribution >= 0.6 is 0 Å². The number of esters is 1. The van der Waals surface area contributed by atoms with Crippen molar-refractivity contribution >= 4 is 11.8 Å². The predicted octanol–water partition coefficient (Wildman–Crippen LogP) is 13.8. The first-order valence-electron chi connectivity index (χ1n) is 24.7. The monoisotopic (exact) mass is 859 g/mol. The number of Topliss-reactive ketones (excluding diaryl/α,β-unsaturated/α-hetero) is 1. The molecule has 9 nitrogen and oxygen atoms in total. The highest BCUT2D eigenvalue weighted by molar-refractivity contribution is 5.81. The summed E-state index contributed by atoms with van der Waals surface area (Å²) in [6.45, 7) is 27.3. The van der Waals surface area contributed by atoms with Gasteiger partial charge in [0.1, 0.15) is 23.4 Å². The fourth-order valence-electron chi connectivity index (χ4n) is 10.0. The van der Waals surface area contributed by atoms with Crippen molar-refractivity contribution in [2.45, 2.75) is 265 Å². The third-order valence-electron chi connectivity index (χ3n) is 12.9. The van der Waals surface area contributed by atoms with Gasteiger partial charge in [-0.2, -0.15) is 10.1 Å². The van der Waals surface area contributed by atoms with Gasteiger partial charge in [-0.3, -0.25) is 19.3 Å². The Morgan fingerprint density at radius 3 is 1.30 bits per heavy atom. The van der Waals surface area contributed by atoms with Gasteiger partial charge < -0.3 is 14.9 Å². The van der Waals surface area contributed by atoms with E-state index in [9.17, 15) is 9.59 Å². The second-order valence-corrected chi connectivity index (χ2v) is 21.2. The van der Waals surface area contributed by atoms with Crippen LogP contribution in [-0.2, 0) is 24.0 Å².